The van der Waals surface area contributed by atoms with Crippen molar-refractivity contribution in [3.8, 4) is 11.3 Å². The van der Waals surface area contributed by atoms with Crippen LogP contribution in [0.1, 0.15) is 24.1 Å². The van der Waals surface area contributed by atoms with Crippen molar-refractivity contribution in [3.63, 3.8) is 0 Å². The number of pyridine rings is 1. The molecule has 0 bridgehead atoms. The predicted octanol–water partition coefficient (Wildman–Crippen LogP) is 5.19. The van der Waals surface area contributed by atoms with E-state index in [1.54, 1.807) is 12.4 Å². The van der Waals surface area contributed by atoms with Crippen molar-refractivity contribution in [1.82, 2.24) is 24.9 Å². The maximum Gasteiger partial charge on any atom is 0.162 e. The van der Waals surface area contributed by atoms with Crippen LogP contribution in [0.3, 0.4) is 0 Å². The zero-order valence-corrected chi connectivity index (χ0v) is 16.5. The van der Waals surface area contributed by atoms with E-state index in [-0.39, 0.29) is 11.9 Å². The minimum absolute atomic E-state index is 0.128. The van der Waals surface area contributed by atoms with Crippen molar-refractivity contribution in [1.29, 1.82) is 0 Å². The Morgan fingerprint density at radius 1 is 1.03 bits per heavy atom. The molecule has 1 atom stereocenters. The van der Waals surface area contributed by atoms with E-state index in [4.69, 9.17) is 4.98 Å². The molecule has 6 nitrogen and oxygen atoms in total. The molecular formula is C23H19FN6. The van der Waals surface area contributed by atoms with Crippen molar-refractivity contribution >= 4 is 27.9 Å². The van der Waals surface area contributed by atoms with Crippen molar-refractivity contribution in [3.05, 3.63) is 78.1 Å². The maximum absolute atomic E-state index is 13.8. The van der Waals surface area contributed by atoms with Crippen LogP contribution >= 0.6 is 0 Å². The Morgan fingerprint density at radius 3 is 2.77 bits per heavy atom. The number of nitrogens with one attached hydrogen (secondary N) is 2. The average molecular weight is 398 g/mol. The first-order valence-corrected chi connectivity index (χ1v) is 9.67. The van der Waals surface area contributed by atoms with Gasteiger partial charge in [0.25, 0.3) is 0 Å². The highest BCUT2D eigenvalue weighted by atomic mass is 19.1. The van der Waals surface area contributed by atoms with Gasteiger partial charge in [0.05, 0.1) is 23.6 Å². The van der Waals surface area contributed by atoms with E-state index < -0.39 is 0 Å². The van der Waals surface area contributed by atoms with Crippen LogP contribution < -0.4 is 5.32 Å². The third kappa shape index (κ3) is 3.14. The number of aromatic nitrogens is 5. The Kier molecular flexibility index (Phi) is 4.35. The molecule has 3 aromatic heterocycles. The first-order valence-electron chi connectivity index (χ1n) is 9.67. The van der Waals surface area contributed by atoms with Gasteiger partial charge in [-0.05, 0) is 37.6 Å². The standard InChI is InChI=1S/C23H19FN6/c1-13-5-3-4-6-17(13)20-18(9-15-7-8-16(24)10-19(15)30-20)14(2)29-23-21-22(26-11-25-21)27-12-28-23/h3-12,14H,1-2H3,(H2,25,26,27,28,29). The molecule has 2 aromatic carbocycles. The van der Waals surface area contributed by atoms with Crippen LogP contribution in [0.2, 0.25) is 0 Å². The third-order valence-corrected chi connectivity index (χ3v) is 5.25. The molecule has 1 unspecified atom stereocenters. The number of imidazole rings is 1. The fourth-order valence-corrected chi connectivity index (χ4v) is 3.69. The molecule has 5 rings (SSSR count). The van der Waals surface area contributed by atoms with Gasteiger partial charge in [-0.3, -0.25) is 0 Å². The van der Waals surface area contributed by atoms with Crippen LogP contribution in [0.25, 0.3) is 33.3 Å². The molecule has 7 heteroatoms. The maximum atomic E-state index is 13.8. The molecular weight excluding hydrogens is 379 g/mol. The quantitative estimate of drug-likeness (QED) is 0.436. The fraction of sp³-hybridized carbons (Fsp3) is 0.130. The number of aromatic amines is 1. The second-order valence-corrected chi connectivity index (χ2v) is 7.27. The second kappa shape index (κ2) is 7.18. The van der Waals surface area contributed by atoms with Crippen molar-refractivity contribution in [2.45, 2.75) is 19.9 Å². The van der Waals surface area contributed by atoms with Crippen LogP contribution in [0.5, 0.6) is 0 Å². The predicted molar refractivity (Wildman–Crippen MR) is 116 cm³/mol. The molecule has 0 fully saturated rings. The molecule has 0 aliphatic carbocycles. The van der Waals surface area contributed by atoms with Crippen molar-refractivity contribution < 1.29 is 4.39 Å². The average Bonchev–Trinajstić information content (AvgIpc) is 3.23. The van der Waals surface area contributed by atoms with E-state index in [9.17, 15) is 4.39 Å². The van der Waals surface area contributed by atoms with Gasteiger partial charge in [-0.1, -0.05) is 24.3 Å². The Hall–Kier alpha value is -3.87. The Morgan fingerprint density at radius 2 is 1.90 bits per heavy atom. The van der Waals surface area contributed by atoms with Crippen molar-refractivity contribution in [2.24, 2.45) is 0 Å². The van der Waals surface area contributed by atoms with E-state index in [0.717, 1.165) is 27.8 Å². The lowest BCUT2D eigenvalue weighted by Gasteiger charge is -2.20. The van der Waals surface area contributed by atoms with Gasteiger partial charge in [-0.25, -0.2) is 24.3 Å². The SMILES string of the molecule is Cc1ccccc1-c1nc2cc(F)ccc2cc1C(C)Nc1ncnc2[nH]cnc12. The van der Waals surface area contributed by atoms with Gasteiger partial charge in [0.2, 0.25) is 0 Å². The minimum atomic E-state index is -0.299. The number of fused-ring (bicyclic) bond motifs is 2. The van der Waals surface area contributed by atoms with E-state index >= 15 is 0 Å². The lowest BCUT2D eigenvalue weighted by Crippen LogP contribution is -2.11. The molecule has 3 heterocycles. The molecule has 0 radical (unpaired) electrons. The summed E-state index contributed by atoms with van der Waals surface area (Å²) in [6.07, 6.45) is 3.10. The fourth-order valence-electron chi connectivity index (χ4n) is 3.69. The van der Waals surface area contributed by atoms with Gasteiger partial charge < -0.3 is 10.3 Å². The summed E-state index contributed by atoms with van der Waals surface area (Å²) in [5.41, 5.74) is 5.90. The molecule has 2 N–H and O–H groups in total. The summed E-state index contributed by atoms with van der Waals surface area (Å²) < 4.78 is 13.8. The third-order valence-electron chi connectivity index (χ3n) is 5.25. The first kappa shape index (κ1) is 18.2. The van der Waals surface area contributed by atoms with E-state index in [1.165, 1.54) is 18.5 Å². The number of halogens is 1. The summed E-state index contributed by atoms with van der Waals surface area (Å²) in [6, 6.07) is 14.7. The molecule has 0 aliphatic rings. The van der Waals surface area contributed by atoms with Crippen molar-refractivity contribution in [2.75, 3.05) is 5.32 Å². The lowest BCUT2D eigenvalue weighted by atomic mass is 9.96. The molecule has 0 saturated heterocycles. The number of anilines is 1. The number of hydrogen-bond acceptors (Lipinski definition) is 5. The van der Waals surface area contributed by atoms with Gasteiger partial charge in [-0.15, -0.1) is 0 Å². The number of H-pyrrole nitrogens is 1. The summed E-state index contributed by atoms with van der Waals surface area (Å²) in [5, 5.41) is 4.32. The zero-order chi connectivity index (χ0) is 20.7. The van der Waals surface area contributed by atoms with Crippen LogP contribution in [-0.4, -0.2) is 24.9 Å². The molecule has 0 amide bonds. The first-order chi connectivity index (χ1) is 14.6. The number of nitrogens with zero attached hydrogens (tertiary/aromatic N) is 4. The van der Waals surface area contributed by atoms with Gasteiger partial charge in [-0.2, -0.15) is 0 Å². The number of hydrogen-bond donors (Lipinski definition) is 2. The number of benzene rings is 2. The smallest absolute Gasteiger partial charge is 0.162 e. The molecule has 5 aromatic rings. The lowest BCUT2D eigenvalue weighted by molar-refractivity contribution is 0.629. The minimum Gasteiger partial charge on any atom is -0.362 e. The Balaban J connectivity index is 1.66. The number of rotatable bonds is 4. The van der Waals surface area contributed by atoms with Gasteiger partial charge in [0, 0.05) is 22.6 Å². The Labute approximate surface area is 172 Å². The molecule has 0 spiro atoms. The summed E-state index contributed by atoms with van der Waals surface area (Å²) in [6.45, 7) is 4.10. The molecule has 0 aliphatic heterocycles. The highest BCUT2D eigenvalue weighted by Crippen LogP contribution is 2.33. The van der Waals surface area contributed by atoms with E-state index in [1.807, 2.05) is 31.2 Å². The van der Waals surface area contributed by atoms with Crippen LogP contribution in [0.15, 0.2) is 61.2 Å². The second-order valence-electron chi connectivity index (χ2n) is 7.27. The molecule has 148 valence electrons. The van der Waals surface area contributed by atoms with Crippen LogP contribution in [-0.2, 0) is 0 Å². The summed E-state index contributed by atoms with van der Waals surface area (Å²) in [4.78, 5) is 20.7. The monoisotopic (exact) mass is 398 g/mol. The summed E-state index contributed by atoms with van der Waals surface area (Å²) in [5.74, 6) is 0.343. The van der Waals surface area contributed by atoms with Gasteiger partial charge >= 0.3 is 0 Å². The Bertz CT molecular complexity index is 1380. The van der Waals surface area contributed by atoms with Gasteiger partial charge in [0.1, 0.15) is 17.7 Å². The highest BCUT2D eigenvalue weighted by molar-refractivity contribution is 5.85. The topological polar surface area (TPSA) is 79.4 Å². The molecule has 0 saturated carbocycles. The largest absolute Gasteiger partial charge is 0.362 e. The van der Waals surface area contributed by atoms with E-state index in [0.29, 0.717) is 22.5 Å². The zero-order valence-electron chi connectivity index (χ0n) is 16.5. The summed E-state index contributed by atoms with van der Waals surface area (Å²) >= 11 is 0. The normalized spacial score (nSPS) is 12.4. The van der Waals surface area contributed by atoms with Gasteiger partial charge in [0.15, 0.2) is 11.5 Å². The molecule has 30 heavy (non-hydrogen) atoms. The summed E-state index contributed by atoms with van der Waals surface area (Å²) in [7, 11) is 0. The number of aryl methyl sites for hydroxylation is 1. The van der Waals surface area contributed by atoms with Crippen LogP contribution in [0.4, 0.5) is 10.2 Å². The van der Waals surface area contributed by atoms with E-state index in [2.05, 4.69) is 38.2 Å². The van der Waals surface area contributed by atoms with Crippen LogP contribution in [0, 0.1) is 12.7 Å². The highest BCUT2D eigenvalue weighted by Gasteiger charge is 2.18.